The molecule has 0 heterocycles. The van der Waals surface area contributed by atoms with Gasteiger partial charge in [-0.2, -0.15) is 5.26 Å². The molecule has 1 N–H and O–H groups in total. The number of nitrogens with zero attached hydrogens (tertiary/aromatic N) is 1. The van der Waals surface area contributed by atoms with E-state index in [-0.39, 0.29) is 0 Å². The summed E-state index contributed by atoms with van der Waals surface area (Å²) < 4.78 is 0. The van der Waals surface area contributed by atoms with Crippen LogP contribution >= 0.6 is 0 Å². The minimum atomic E-state index is -0.760. The number of hydrogen-bond acceptors (Lipinski definition) is 2. The van der Waals surface area contributed by atoms with Gasteiger partial charge in [-0.1, -0.05) is 13.8 Å². The van der Waals surface area contributed by atoms with Gasteiger partial charge in [0.15, 0.2) is 0 Å². The standard InChI is InChI=1S/C15H25NO/c1-11(2)12-6-8-15(10-16,9-7-12)14(3,17)13-4-5-13/h11-13,17H,4-9H2,1-3H3. The molecule has 1 unspecified atom stereocenters. The van der Waals surface area contributed by atoms with Crippen molar-refractivity contribution in [2.24, 2.45) is 23.2 Å². The quantitative estimate of drug-likeness (QED) is 0.813. The van der Waals surface area contributed by atoms with Crippen LogP contribution in [0, 0.1) is 34.5 Å². The highest BCUT2D eigenvalue weighted by Crippen LogP contribution is 2.55. The highest BCUT2D eigenvalue weighted by atomic mass is 16.3. The van der Waals surface area contributed by atoms with E-state index in [1.165, 1.54) is 0 Å². The first-order valence-electron chi connectivity index (χ1n) is 7.06. The van der Waals surface area contributed by atoms with Crippen LogP contribution in [0.25, 0.3) is 0 Å². The maximum atomic E-state index is 10.7. The van der Waals surface area contributed by atoms with E-state index in [2.05, 4.69) is 19.9 Å². The van der Waals surface area contributed by atoms with Crippen molar-refractivity contribution in [3.05, 3.63) is 0 Å². The van der Waals surface area contributed by atoms with E-state index >= 15 is 0 Å². The average molecular weight is 235 g/mol. The lowest BCUT2D eigenvalue weighted by Crippen LogP contribution is -2.49. The van der Waals surface area contributed by atoms with Gasteiger partial charge in [0.25, 0.3) is 0 Å². The van der Waals surface area contributed by atoms with Gasteiger partial charge < -0.3 is 5.11 Å². The van der Waals surface area contributed by atoms with Crippen molar-refractivity contribution in [3.8, 4) is 6.07 Å². The smallest absolute Gasteiger partial charge is 0.0860 e. The van der Waals surface area contributed by atoms with Gasteiger partial charge in [-0.15, -0.1) is 0 Å². The molecular weight excluding hydrogens is 210 g/mol. The van der Waals surface area contributed by atoms with Crippen molar-refractivity contribution in [3.63, 3.8) is 0 Å². The van der Waals surface area contributed by atoms with Gasteiger partial charge in [0.1, 0.15) is 0 Å². The second-order valence-corrected chi connectivity index (χ2v) is 6.70. The van der Waals surface area contributed by atoms with Crippen LogP contribution in [0.4, 0.5) is 0 Å². The van der Waals surface area contributed by atoms with E-state index in [1.54, 1.807) is 0 Å². The van der Waals surface area contributed by atoms with E-state index in [0.717, 1.165) is 44.4 Å². The number of hydrogen-bond donors (Lipinski definition) is 1. The Morgan fingerprint density at radius 3 is 2.12 bits per heavy atom. The fourth-order valence-corrected chi connectivity index (χ4v) is 3.57. The van der Waals surface area contributed by atoms with Gasteiger partial charge in [0.05, 0.1) is 17.1 Å². The average Bonchev–Trinajstić information content (AvgIpc) is 3.12. The number of rotatable bonds is 3. The van der Waals surface area contributed by atoms with E-state index in [4.69, 9.17) is 0 Å². The molecule has 2 heteroatoms. The Morgan fingerprint density at radius 1 is 1.24 bits per heavy atom. The highest BCUT2D eigenvalue weighted by Gasteiger charge is 2.56. The Labute approximate surface area is 105 Å². The second kappa shape index (κ2) is 4.28. The number of aliphatic hydroxyl groups is 1. The molecule has 96 valence electrons. The minimum absolute atomic E-state index is 0.373. The van der Waals surface area contributed by atoms with Crippen LogP contribution in [0.15, 0.2) is 0 Å². The van der Waals surface area contributed by atoms with Crippen molar-refractivity contribution in [2.45, 2.75) is 64.9 Å². The topological polar surface area (TPSA) is 44.0 Å². The lowest BCUT2D eigenvalue weighted by atomic mass is 9.60. The summed E-state index contributed by atoms with van der Waals surface area (Å²) >= 11 is 0. The molecule has 0 amide bonds. The Hall–Kier alpha value is -0.550. The molecule has 0 radical (unpaired) electrons. The molecule has 2 rings (SSSR count). The first-order chi connectivity index (χ1) is 7.93. The molecule has 1 atom stereocenters. The van der Waals surface area contributed by atoms with Crippen molar-refractivity contribution in [1.29, 1.82) is 5.26 Å². The molecule has 0 saturated heterocycles. The summed E-state index contributed by atoms with van der Waals surface area (Å²) in [5.41, 5.74) is -1.23. The molecule has 0 spiro atoms. The fourth-order valence-electron chi connectivity index (χ4n) is 3.57. The van der Waals surface area contributed by atoms with Crippen LogP contribution in [0.5, 0.6) is 0 Å². The summed E-state index contributed by atoms with van der Waals surface area (Å²) in [7, 11) is 0. The summed E-state index contributed by atoms with van der Waals surface area (Å²) in [6, 6.07) is 2.49. The van der Waals surface area contributed by atoms with Gasteiger partial charge in [0.2, 0.25) is 0 Å². The van der Waals surface area contributed by atoms with Crippen molar-refractivity contribution in [1.82, 2.24) is 0 Å². The Balaban J connectivity index is 2.10. The predicted octanol–water partition coefficient (Wildman–Crippen LogP) is 3.50. The Morgan fingerprint density at radius 2 is 1.76 bits per heavy atom. The maximum absolute atomic E-state index is 10.7. The predicted molar refractivity (Wildman–Crippen MR) is 68.2 cm³/mol. The second-order valence-electron chi connectivity index (χ2n) is 6.70. The summed E-state index contributed by atoms with van der Waals surface area (Å²) in [6.07, 6.45) is 6.18. The molecule has 2 nitrogen and oxygen atoms in total. The zero-order valence-corrected chi connectivity index (χ0v) is 11.4. The van der Waals surface area contributed by atoms with E-state index in [9.17, 15) is 10.4 Å². The summed E-state index contributed by atoms with van der Waals surface area (Å²) in [6.45, 7) is 6.44. The normalized spacial score (nSPS) is 37.5. The molecule has 2 aliphatic carbocycles. The van der Waals surface area contributed by atoms with E-state index < -0.39 is 11.0 Å². The zero-order valence-electron chi connectivity index (χ0n) is 11.4. The highest BCUT2D eigenvalue weighted by molar-refractivity contribution is 5.15. The van der Waals surface area contributed by atoms with Crippen LogP contribution in [0.3, 0.4) is 0 Å². The van der Waals surface area contributed by atoms with Gasteiger partial charge in [-0.3, -0.25) is 0 Å². The van der Waals surface area contributed by atoms with Gasteiger partial charge in [-0.05, 0) is 63.2 Å². The first-order valence-corrected chi connectivity index (χ1v) is 7.06. The Kier molecular flexibility index (Phi) is 3.25. The number of nitriles is 1. The van der Waals surface area contributed by atoms with Crippen molar-refractivity contribution < 1.29 is 5.11 Å². The maximum Gasteiger partial charge on any atom is 0.0860 e. The Bertz CT molecular complexity index is 314. The zero-order chi connectivity index (χ0) is 12.7. The molecule has 0 aromatic carbocycles. The third-order valence-corrected chi connectivity index (χ3v) is 5.38. The van der Waals surface area contributed by atoms with Gasteiger partial charge in [0, 0.05) is 0 Å². The van der Waals surface area contributed by atoms with Crippen LogP contribution in [0.1, 0.15) is 59.3 Å². The summed E-state index contributed by atoms with van der Waals surface area (Å²) in [5, 5.41) is 20.3. The molecule has 0 aromatic rings. The minimum Gasteiger partial charge on any atom is -0.388 e. The molecule has 0 aromatic heterocycles. The molecular formula is C15H25NO. The summed E-state index contributed by atoms with van der Waals surface area (Å²) in [4.78, 5) is 0. The third kappa shape index (κ3) is 2.10. The van der Waals surface area contributed by atoms with Crippen LogP contribution in [-0.2, 0) is 0 Å². The van der Waals surface area contributed by atoms with Gasteiger partial charge in [-0.25, -0.2) is 0 Å². The molecule has 2 aliphatic rings. The molecule has 0 bridgehead atoms. The molecule has 2 fully saturated rings. The van der Waals surface area contributed by atoms with Crippen LogP contribution < -0.4 is 0 Å². The van der Waals surface area contributed by atoms with E-state index in [1.807, 2.05) is 6.92 Å². The fraction of sp³-hybridized carbons (Fsp3) is 0.933. The van der Waals surface area contributed by atoms with Gasteiger partial charge >= 0.3 is 0 Å². The van der Waals surface area contributed by atoms with Crippen molar-refractivity contribution in [2.75, 3.05) is 0 Å². The largest absolute Gasteiger partial charge is 0.388 e. The SMILES string of the molecule is CC(C)C1CCC(C#N)(C(C)(O)C2CC2)CC1. The van der Waals surface area contributed by atoms with Crippen LogP contribution in [0.2, 0.25) is 0 Å². The lowest BCUT2D eigenvalue weighted by molar-refractivity contribution is -0.0827. The third-order valence-electron chi connectivity index (χ3n) is 5.38. The lowest BCUT2D eigenvalue weighted by Gasteiger charge is -2.45. The van der Waals surface area contributed by atoms with Crippen LogP contribution in [-0.4, -0.2) is 10.7 Å². The summed E-state index contributed by atoms with van der Waals surface area (Å²) in [5.74, 6) is 1.82. The molecule has 0 aliphatic heterocycles. The molecule has 2 saturated carbocycles. The first kappa shape index (κ1) is 12.9. The monoisotopic (exact) mass is 235 g/mol. The molecule has 17 heavy (non-hydrogen) atoms. The van der Waals surface area contributed by atoms with E-state index in [0.29, 0.717) is 11.8 Å². The van der Waals surface area contributed by atoms with Crippen molar-refractivity contribution >= 4 is 0 Å².